The highest BCUT2D eigenvalue weighted by atomic mass is 79.9. The van der Waals surface area contributed by atoms with Gasteiger partial charge >= 0.3 is 0 Å². The molecule has 0 aliphatic carbocycles. The van der Waals surface area contributed by atoms with Gasteiger partial charge in [-0.05, 0) is 35.0 Å². The molecule has 1 aromatic rings. The van der Waals surface area contributed by atoms with Crippen molar-refractivity contribution in [1.29, 1.82) is 0 Å². The number of pyridine rings is 1. The lowest BCUT2D eigenvalue weighted by atomic mass is 10.2. The van der Waals surface area contributed by atoms with Crippen molar-refractivity contribution in [3.05, 3.63) is 22.8 Å². The Morgan fingerprint density at radius 2 is 2.43 bits per heavy atom. The second-order valence-corrected chi connectivity index (χ2v) is 4.55. The molecule has 0 bridgehead atoms. The van der Waals surface area contributed by atoms with Crippen LogP contribution in [0.3, 0.4) is 0 Å². The molecular weight excluding hydrogens is 242 g/mol. The standard InChI is InChI=1S/C10H14BrN3/c1-8-7-14(5-4-12-8)10-3-2-9(11)6-13-10/h2-3,6,8,12H,4-5,7H2,1H3/t8-/m0/s1. The minimum absolute atomic E-state index is 0.550. The number of halogens is 1. The van der Waals surface area contributed by atoms with Gasteiger partial charge in [0.25, 0.3) is 0 Å². The van der Waals surface area contributed by atoms with Crippen molar-refractivity contribution in [2.45, 2.75) is 13.0 Å². The minimum atomic E-state index is 0.550. The molecule has 0 radical (unpaired) electrons. The highest BCUT2D eigenvalue weighted by Gasteiger charge is 2.16. The Labute approximate surface area is 92.6 Å². The summed E-state index contributed by atoms with van der Waals surface area (Å²) in [5, 5.41) is 3.41. The van der Waals surface area contributed by atoms with Crippen molar-refractivity contribution in [3.63, 3.8) is 0 Å². The van der Waals surface area contributed by atoms with Gasteiger partial charge in [-0.15, -0.1) is 0 Å². The molecule has 1 aliphatic heterocycles. The molecule has 14 heavy (non-hydrogen) atoms. The Hall–Kier alpha value is -0.610. The molecule has 0 unspecified atom stereocenters. The molecule has 1 aliphatic rings. The molecule has 2 heterocycles. The van der Waals surface area contributed by atoms with Crippen LogP contribution in [-0.4, -0.2) is 30.7 Å². The molecule has 2 rings (SSSR count). The van der Waals surface area contributed by atoms with E-state index in [1.807, 2.05) is 12.3 Å². The zero-order valence-corrected chi connectivity index (χ0v) is 9.79. The fraction of sp³-hybridized carbons (Fsp3) is 0.500. The maximum atomic E-state index is 4.39. The summed E-state index contributed by atoms with van der Waals surface area (Å²) in [6.45, 7) is 5.32. The summed E-state index contributed by atoms with van der Waals surface area (Å²) in [6.07, 6.45) is 1.85. The van der Waals surface area contributed by atoms with Crippen molar-refractivity contribution in [2.75, 3.05) is 24.5 Å². The maximum Gasteiger partial charge on any atom is 0.128 e. The topological polar surface area (TPSA) is 28.2 Å². The molecule has 1 fully saturated rings. The van der Waals surface area contributed by atoms with Gasteiger partial charge in [0.05, 0.1) is 0 Å². The van der Waals surface area contributed by atoms with Gasteiger partial charge in [-0.25, -0.2) is 4.98 Å². The largest absolute Gasteiger partial charge is 0.354 e. The van der Waals surface area contributed by atoms with E-state index in [2.05, 4.69) is 44.1 Å². The zero-order valence-electron chi connectivity index (χ0n) is 8.20. The second-order valence-electron chi connectivity index (χ2n) is 3.64. The summed E-state index contributed by atoms with van der Waals surface area (Å²) >= 11 is 3.39. The predicted octanol–water partition coefficient (Wildman–Crippen LogP) is 1.64. The van der Waals surface area contributed by atoms with Crippen LogP contribution >= 0.6 is 15.9 Å². The number of aromatic nitrogens is 1. The molecule has 0 aromatic carbocycles. The van der Waals surface area contributed by atoms with Crippen LogP contribution in [0.5, 0.6) is 0 Å². The highest BCUT2D eigenvalue weighted by Crippen LogP contribution is 2.15. The first kappa shape index (κ1) is 9.93. The van der Waals surface area contributed by atoms with Crippen LogP contribution in [0.1, 0.15) is 6.92 Å². The van der Waals surface area contributed by atoms with Crippen molar-refractivity contribution < 1.29 is 0 Å². The van der Waals surface area contributed by atoms with E-state index < -0.39 is 0 Å². The molecule has 3 nitrogen and oxygen atoms in total. The van der Waals surface area contributed by atoms with Crippen LogP contribution in [0.25, 0.3) is 0 Å². The summed E-state index contributed by atoms with van der Waals surface area (Å²) in [6, 6.07) is 4.64. The van der Waals surface area contributed by atoms with Crippen LogP contribution in [0.4, 0.5) is 5.82 Å². The number of piperazine rings is 1. The fourth-order valence-electron chi connectivity index (χ4n) is 1.70. The first-order valence-corrected chi connectivity index (χ1v) is 5.65. The third-order valence-electron chi connectivity index (χ3n) is 2.40. The number of nitrogens with zero attached hydrogens (tertiary/aromatic N) is 2. The first-order valence-electron chi connectivity index (χ1n) is 4.85. The Bertz CT molecular complexity index is 299. The van der Waals surface area contributed by atoms with E-state index in [9.17, 15) is 0 Å². The molecule has 4 heteroatoms. The minimum Gasteiger partial charge on any atom is -0.354 e. The SMILES string of the molecule is C[C@H]1CN(c2ccc(Br)cn2)CCN1. The van der Waals surface area contributed by atoms with Crippen molar-refractivity contribution in [2.24, 2.45) is 0 Å². The number of hydrogen-bond donors (Lipinski definition) is 1. The van der Waals surface area contributed by atoms with E-state index in [1.165, 1.54) is 0 Å². The third-order valence-corrected chi connectivity index (χ3v) is 2.87. The third kappa shape index (κ3) is 2.25. The van der Waals surface area contributed by atoms with Crippen LogP contribution in [0.15, 0.2) is 22.8 Å². The Morgan fingerprint density at radius 1 is 1.57 bits per heavy atom. The molecule has 0 amide bonds. The summed E-state index contributed by atoms with van der Waals surface area (Å²) in [5.74, 6) is 1.07. The molecule has 0 saturated carbocycles. The average Bonchev–Trinajstić information content (AvgIpc) is 2.19. The van der Waals surface area contributed by atoms with E-state index in [4.69, 9.17) is 0 Å². The van der Waals surface area contributed by atoms with Gasteiger partial charge in [0.1, 0.15) is 5.82 Å². The number of anilines is 1. The Morgan fingerprint density at radius 3 is 3.07 bits per heavy atom. The molecule has 1 N–H and O–H groups in total. The van der Waals surface area contributed by atoms with Gasteiger partial charge in [0, 0.05) is 36.3 Å². The van der Waals surface area contributed by atoms with Crippen LogP contribution in [0.2, 0.25) is 0 Å². The van der Waals surface area contributed by atoms with Gasteiger partial charge in [-0.1, -0.05) is 0 Å². The molecule has 0 spiro atoms. The summed E-state index contributed by atoms with van der Waals surface area (Å²) < 4.78 is 1.03. The van der Waals surface area contributed by atoms with Crippen LogP contribution in [-0.2, 0) is 0 Å². The quantitative estimate of drug-likeness (QED) is 0.828. The predicted molar refractivity (Wildman–Crippen MR) is 61.6 cm³/mol. The van der Waals surface area contributed by atoms with E-state index in [0.717, 1.165) is 29.9 Å². The van der Waals surface area contributed by atoms with Crippen molar-refractivity contribution in [3.8, 4) is 0 Å². The number of rotatable bonds is 1. The lowest BCUT2D eigenvalue weighted by Crippen LogP contribution is -2.49. The average molecular weight is 256 g/mol. The fourth-order valence-corrected chi connectivity index (χ4v) is 1.93. The highest BCUT2D eigenvalue weighted by molar-refractivity contribution is 9.10. The number of nitrogens with one attached hydrogen (secondary N) is 1. The Balaban J connectivity index is 2.10. The number of hydrogen-bond acceptors (Lipinski definition) is 3. The first-order chi connectivity index (χ1) is 6.75. The summed E-state index contributed by atoms with van der Waals surface area (Å²) in [7, 11) is 0. The van der Waals surface area contributed by atoms with E-state index in [1.54, 1.807) is 0 Å². The smallest absolute Gasteiger partial charge is 0.128 e. The molecule has 76 valence electrons. The van der Waals surface area contributed by atoms with Crippen molar-refractivity contribution in [1.82, 2.24) is 10.3 Å². The van der Waals surface area contributed by atoms with Crippen LogP contribution in [0, 0.1) is 0 Å². The summed E-state index contributed by atoms with van der Waals surface area (Å²) in [5.41, 5.74) is 0. The van der Waals surface area contributed by atoms with E-state index >= 15 is 0 Å². The van der Waals surface area contributed by atoms with E-state index in [-0.39, 0.29) is 0 Å². The van der Waals surface area contributed by atoms with Gasteiger partial charge in [0.2, 0.25) is 0 Å². The Kier molecular flexibility index (Phi) is 3.03. The molecule has 1 atom stereocenters. The zero-order chi connectivity index (χ0) is 9.97. The lowest BCUT2D eigenvalue weighted by molar-refractivity contribution is 0.482. The molecule has 1 aromatic heterocycles. The second kappa shape index (κ2) is 4.28. The van der Waals surface area contributed by atoms with Gasteiger partial charge in [-0.3, -0.25) is 0 Å². The lowest BCUT2D eigenvalue weighted by Gasteiger charge is -2.32. The van der Waals surface area contributed by atoms with Gasteiger partial charge in [-0.2, -0.15) is 0 Å². The maximum absolute atomic E-state index is 4.39. The van der Waals surface area contributed by atoms with Crippen molar-refractivity contribution >= 4 is 21.7 Å². The monoisotopic (exact) mass is 255 g/mol. The van der Waals surface area contributed by atoms with Gasteiger partial charge < -0.3 is 10.2 Å². The normalized spacial score (nSPS) is 22.4. The van der Waals surface area contributed by atoms with E-state index in [0.29, 0.717) is 6.04 Å². The molecular formula is C10H14BrN3. The molecule has 1 saturated heterocycles. The summed E-state index contributed by atoms with van der Waals surface area (Å²) in [4.78, 5) is 6.70. The van der Waals surface area contributed by atoms with Gasteiger partial charge in [0.15, 0.2) is 0 Å². The van der Waals surface area contributed by atoms with Crippen LogP contribution < -0.4 is 10.2 Å².